The second-order valence-corrected chi connectivity index (χ2v) is 3.92. The molecule has 0 unspecified atom stereocenters. The second-order valence-electron chi connectivity index (χ2n) is 3.92. The van der Waals surface area contributed by atoms with Crippen LogP contribution >= 0.6 is 0 Å². The number of anilines is 1. The highest BCUT2D eigenvalue weighted by Crippen LogP contribution is 2.54. The Morgan fingerprint density at radius 1 is 0.947 bits per heavy atom. The van der Waals surface area contributed by atoms with Gasteiger partial charge in [-0.1, -0.05) is 13.0 Å². The quantitative estimate of drug-likeness (QED) is 0.643. The van der Waals surface area contributed by atoms with Gasteiger partial charge in [0.1, 0.15) is 0 Å². The lowest BCUT2D eigenvalue weighted by Crippen LogP contribution is -2.50. The zero-order valence-corrected chi connectivity index (χ0v) is 9.66. The highest BCUT2D eigenvalue weighted by Gasteiger charge is 2.73. The van der Waals surface area contributed by atoms with Gasteiger partial charge in [0.25, 0.3) is 0 Å². The van der Waals surface area contributed by atoms with Gasteiger partial charge in [0.05, 0.1) is 0 Å². The predicted molar refractivity (Wildman–Crippen MR) is 55.1 cm³/mol. The van der Waals surface area contributed by atoms with E-state index in [1.165, 1.54) is 6.92 Å². The van der Waals surface area contributed by atoms with E-state index in [2.05, 4.69) is 0 Å². The average molecular weight is 289 g/mol. The molecule has 0 radical (unpaired) electrons. The van der Waals surface area contributed by atoms with Gasteiger partial charge in [0.15, 0.2) is 0 Å². The number of rotatable bonds is 2. The van der Waals surface area contributed by atoms with E-state index in [4.69, 9.17) is 5.73 Å². The fraction of sp³-hybridized carbons (Fsp3) is 0.455. The molecular weight excluding hydrogens is 279 g/mol. The predicted octanol–water partition coefficient (Wildman–Crippen LogP) is 4.12. The van der Waals surface area contributed by atoms with Gasteiger partial charge < -0.3 is 5.73 Å². The summed E-state index contributed by atoms with van der Waals surface area (Å²) in [5, 5.41) is 0. The van der Waals surface area contributed by atoms with Gasteiger partial charge in [0.2, 0.25) is 0 Å². The standard InChI is InChI=1S/C11H10F7N/c1-2-6-5-7(19)3-4-8(6)9(12,10(13,14)15)11(16,17)18/h3-5H,2,19H2,1H3. The zero-order chi connectivity index (χ0) is 15.1. The Bertz CT molecular complexity index is 447. The van der Waals surface area contributed by atoms with E-state index in [1.54, 1.807) is 0 Å². The van der Waals surface area contributed by atoms with Gasteiger partial charge >= 0.3 is 18.0 Å². The number of benzene rings is 1. The van der Waals surface area contributed by atoms with Crippen molar-refractivity contribution in [1.82, 2.24) is 0 Å². The summed E-state index contributed by atoms with van der Waals surface area (Å²) in [5.74, 6) is 0. The van der Waals surface area contributed by atoms with Crippen LogP contribution in [0.15, 0.2) is 18.2 Å². The lowest BCUT2D eigenvalue weighted by molar-refractivity contribution is -0.348. The summed E-state index contributed by atoms with van der Waals surface area (Å²) in [6.45, 7) is 1.31. The van der Waals surface area contributed by atoms with E-state index in [0.29, 0.717) is 6.07 Å². The molecule has 108 valence electrons. The number of nitrogen functional groups attached to an aromatic ring is 1. The van der Waals surface area contributed by atoms with Crippen LogP contribution in [0.4, 0.5) is 36.4 Å². The highest BCUT2D eigenvalue weighted by molar-refractivity contribution is 5.47. The van der Waals surface area contributed by atoms with Crippen LogP contribution in [0, 0.1) is 0 Å². The number of alkyl halides is 7. The Kier molecular flexibility index (Phi) is 3.75. The van der Waals surface area contributed by atoms with E-state index in [1.807, 2.05) is 0 Å². The summed E-state index contributed by atoms with van der Waals surface area (Å²) in [6, 6.07) is 2.14. The summed E-state index contributed by atoms with van der Waals surface area (Å²) in [4.78, 5) is 0. The maximum Gasteiger partial charge on any atom is 0.435 e. The number of nitrogens with two attached hydrogens (primary N) is 1. The SMILES string of the molecule is CCc1cc(N)ccc1C(F)(C(F)(F)F)C(F)(F)F. The molecule has 0 aliphatic carbocycles. The van der Waals surface area contributed by atoms with Crippen LogP contribution in [-0.2, 0) is 12.1 Å². The molecule has 0 fully saturated rings. The Hall–Kier alpha value is -1.47. The molecule has 1 rings (SSSR count). The first-order valence-corrected chi connectivity index (χ1v) is 5.16. The molecule has 0 heterocycles. The third kappa shape index (κ3) is 2.48. The van der Waals surface area contributed by atoms with Crippen LogP contribution in [0.25, 0.3) is 0 Å². The van der Waals surface area contributed by atoms with Gasteiger partial charge in [0, 0.05) is 11.3 Å². The number of halogens is 7. The maximum atomic E-state index is 13.8. The zero-order valence-electron chi connectivity index (χ0n) is 9.66. The van der Waals surface area contributed by atoms with Crippen LogP contribution in [0.1, 0.15) is 18.1 Å². The Morgan fingerprint density at radius 3 is 1.79 bits per heavy atom. The number of hydrogen-bond acceptors (Lipinski definition) is 1. The molecule has 0 aliphatic heterocycles. The molecule has 0 atom stereocenters. The highest BCUT2D eigenvalue weighted by atomic mass is 19.4. The van der Waals surface area contributed by atoms with Crippen molar-refractivity contribution >= 4 is 5.69 Å². The lowest BCUT2D eigenvalue weighted by atomic mass is 9.88. The van der Waals surface area contributed by atoms with Gasteiger partial charge in [-0.05, 0) is 24.1 Å². The summed E-state index contributed by atoms with van der Waals surface area (Å²) in [7, 11) is 0. The van der Waals surface area contributed by atoms with E-state index < -0.39 is 29.1 Å². The molecule has 1 aromatic carbocycles. The minimum Gasteiger partial charge on any atom is -0.399 e. The monoisotopic (exact) mass is 289 g/mol. The van der Waals surface area contributed by atoms with E-state index >= 15 is 0 Å². The molecule has 0 spiro atoms. The van der Waals surface area contributed by atoms with Crippen LogP contribution in [0.3, 0.4) is 0 Å². The summed E-state index contributed by atoms with van der Waals surface area (Å²) in [6.07, 6.45) is -12.4. The molecular formula is C11H10F7N. The lowest BCUT2D eigenvalue weighted by Gasteiger charge is -2.31. The van der Waals surface area contributed by atoms with Crippen LogP contribution in [0.5, 0.6) is 0 Å². The van der Waals surface area contributed by atoms with E-state index in [9.17, 15) is 30.7 Å². The van der Waals surface area contributed by atoms with Crippen molar-refractivity contribution in [1.29, 1.82) is 0 Å². The van der Waals surface area contributed by atoms with E-state index in [0.717, 1.165) is 12.1 Å². The second kappa shape index (κ2) is 4.57. The molecule has 2 N–H and O–H groups in total. The van der Waals surface area contributed by atoms with Gasteiger partial charge in [-0.2, -0.15) is 26.3 Å². The van der Waals surface area contributed by atoms with Crippen molar-refractivity contribution in [3.8, 4) is 0 Å². The molecule has 0 amide bonds. The van der Waals surface area contributed by atoms with Crippen LogP contribution < -0.4 is 5.73 Å². The van der Waals surface area contributed by atoms with Crippen molar-refractivity contribution in [2.75, 3.05) is 5.73 Å². The fourth-order valence-corrected chi connectivity index (χ4v) is 1.71. The van der Waals surface area contributed by atoms with Crippen molar-refractivity contribution in [2.24, 2.45) is 0 Å². The van der Waals surface area contributed by atoms with Gasteiger partial charge in [-0.15, -0.1) is 0 Å². The average Bonchev–Trinajstić information content (AvgIpc) is 2.24. The Balaban J connectivity index is 3.61. The minimum atomic E-state index is -6.11. The van der Waals surface area contributed by atoms with E-state index in [-0.39, 0.29) is 12.1 Å². The first-order valence-electron chi connectivity index (χ1n) is 5.16. The number of hydrogen-bond donors (Lipinski definition) is 1. The third-order valence-corrected chi connectivity index (χ3v) is 2.66. The molecule has 19 heavy (non-hydrogen) atoms. The maximum absolute atomic E-state index is 13.8. The van der Waals surface area contributed by atoms with Crippen molar-refractivity contribution in [3.05, 3.63) is 29.3 Å². The minimum absolute atomic E-state index is 0.0349. The van der Waals surface area contributed by atoms with Gasteiger partial charge in [-0.25, -0.2) is 4.39 Å². The molecule has 0 saturated heterocycles. The molecule has 0 bridgehead atoms. The molecule has 8 heteroatoms. The Labute approximate surface area is 104 Å². The summed E-state index contributed by atoms with van der Waals surface area (Å²) < 4.78 is 89.3. The molecule has 0 aliphatic rings. The number of aryl methyl sites for hydroxylation is 1. The van der Waals surface area contributed by atoms with Crippen molar-refractivity contribution < 1.29 is 30.7 Å². The molecule has 0 saturated carbocycles. The summed E-state index contributed by atoms with van der Waals surface area (Å²) >= 11 is 0. The first kappa shape index (κ1) is 15.6. The smallest absolute Gasteiger partial charge is 0.399 e. The first-order chi connectivity index (χ1) is 8.45. The van der Waals surface area contributed by atoms with Crippen molar-refractivity contribution in [2.45, 2.75) is 31.4 Å². The largest absolute Gasteiger partial charge is 0.435 e. The molecule has 0 aromatic heterocycles. The molecule has 1 nitrogen and oxygen atoms in total. The fourth-order valence-electron chi connectivity index (χ4n) is 1.71. The molecule has 1 aromatic rings. The Morgan fingerprint density at radius 2 is 1.42 bits per heavy atom. The topological polar surface area (TPSA) is 26.0 Å². The van der Waals surface area contributed by atoms with Gasteiger partial charge in [-0.3, -0.25) is 0 Å². The van der Waals surface area contributed by atoms with Crippen molar-refractivity contribution in [3.63, 3.8) is 0 Å². The summed E-state index contributed by atoms with van der Waals surface area (Å²) in [5.41, 5.74) is -2.06. The van der Waals surface area contributed by atoms with Crippen LogP contribution in [0.2, 0.25) is 0 Å². The van der Waals surface area contributed by atoms with Crippen LogP contribution in [-0.4, -0.2) is 12.4 Å². The third-order valence-electron chi connectivity index (χ3n) is 2.66. The normalized spacial score (nSPS) is 13.7.